The van der Waals surface area contributed by atoms with Crippen LogP contribution in [0.1, 0.15) is 22.9 Å². The summed E-state index contributed by atoms with van der Waals surface area (Å²) in [5, 5.41) is 10.7. The molecule has 4 nitrogen and oxygen atoms in total. The molecule has 1 amide bonds. The highest BCUT2D eigenvalue weighted by Gasteiger charge is 2.40. The zero-order valence-corrected chi connectivity index (χ0v) is 14.1. The second-order valence-electron chi connectivity index (χ2n) is 6.20. The van der Waals surface area contributed by atoms with E-state index in [0.717, 1.165) is 16.8 Å². The smallest absolute Gasteiger partial charge is 0.290 e. The molecule has 0 fully saturated rings. The van der Waals surface area contributed by atoms with Crippen molar-refractivity contribution in [3.63, 3.8) is 0 Å². The summed E-state index contributed by atoms with van der Waals surface area (Å²) in [7, 11) is 0. The van der Waals surface area contributed by atoms with Crippen molar-refractivity contribution in [2.75, 3.05) is 0 Å². The summed E-state index contributed by atoms with van der Waals surface area (Å²) in [6.07, 6.45) is 1.71. The molecule has 1 aliphatic rings. The zero-order chi connectivity index (χ0) is 17.9. The van der Waals surface area contributed by atoms with Gasteiger partial charge in [0.25, 0.3) is 5.91 Å². The van der Waals surface area contributed by atoms with Crippen LogP contribution in [0, 0.1) is 0 Å². The number of aromatic nitrogens is 1. The first kappa shape index (κ1) is 16.1. The van der Waals surface area contributed by atoms with Crippen molar-refractivity contribution in [3.8, 4) is 0 Å². The Morgan fingerprint density at radius 2 is 1.54 bits per heavy atom. The number of benzene rings is 2. The fraction of sp³-hybridized carbons (Fsp3) is 0.0909. The number of rotatable bonds is 4. The van der Waals surface area contributed by atoms with E-state index in [0.29, 0.717) is 12.1 Å². The SMILES string of the molecule is O=C1C(O)=C(c2ccccc2)C(c2ccccc2)N1Cc1ccccn1. The van der Waals surface area contributed by atoms with Gasteiger partial charge in [0.15, 0.2) is 5.76 Å². The molecular weight excluding hydrogens is 324 g/mol. The number of aliphatic hydroxyl groups is 1. The van der Waals surface area contributed by atoms with Crippen LogP contribution in [-0.4, -0.2) is 20.9 Å². The van der Waals surface area contributed by atoms with Gasteiger partial charge in [0.2, 0.25) is 0 Å². The largest absolute Gasteiger partial charge is 0.503 e. The molecule has 0 saturated heterocycles. The minimum atomic E-state index is -0.372. The molecule has 4 heteroatoms. The summed E-state index contributed by atoms with van der Waals surface area (Å²) >= 11 is 0. The van der Waals surface area contributed by atoms with E-state index in [4.69, 9.17) is 0 Å². The lowest BCUT2D eigenvalue weighted by atomic mass is 9.93. The molecule has 0 spiro atoms. The molecule has 26 heavy (non-hydrogen) atoms. The van der Waals surface area contributed by atoms with Crippen LogP contribution in [0.3, 0.4) is 0 Å². The van der Waals surface area contributed by atoms with E-state index in [9.17, 15) is 9.90 Å². The van der Waals surface area contributed by atoms with Gasteiger partial charge in [-0.25, -0.2) is 0 Å². The summed E-state index contributed by atoms with van der Waals surface area (Å²) in [6.45, 7) is 0.333. The van der Waals surface area contributed by atoms with Gasteiger partial charge in [-0.15, -0.1) is 0 Å². The van der Waals surface area contributed by atoms with Crippen molar-refractivity contribution in [3.05, 3.63) is 108 Å². The second kappa shape index (κ2) is 6.84. The first-order valence-electron chi connectivity index (χ1n) is 8.50. The second-order valence-corrected chi connectivity index (χ2v) is 6.20. The van der Waals surface area contributed by atoms with Crippen LogP contribution in [0.25, 0.3) is 5.57 Å². The van der Waals surface area contributed by atoms with Crippen molar-refractivity contribution < 1.29 is 9.90 Å². The van der Waals surface area contributed by atoms with E-state index < -0.39 is 0 Å². The first-order valence-corrected chi connectivity index (χ1v) is 8.50. The Kier molecular flexibility index (Phi) is 4.23. The van der Waals surface area contributed by atoms with Crippen LogP contribution < -0.4 is 0 Å². The summed E-state index contributed by atoms with van der Waals surface area (Å²) in [5.41, 5.74) is 3.22. The fourth-order valence-electron chi connectivity index (χ4n) is 3.38. The highest BCUT2D eigenvalue weighted by atomic mass is 16.3. The molecule has 1 atom stereocenters. The molecular formula is C22H18N2O2. The van der Waals surface area contributed by atoms with Crippen molar-refractivity contribution in [2.24, 2.45) is 0 Å². The van der Waals surface area contributed by atoms with Gasteiger partial charge in [-0.1, -0.05) is 66.7 Å². The summed E-state index contributed by atoms with van der Waals surface area (Å²) < 4.78 is 0. The van der Waals surface area contributed by atoms with Gasteiger partial charge >= 0.3 is 0 Å². The van der Waals surface area contributed by atoms with Gasteiger partial charge < -0.3 is 10.0 Å². The molecule has 0 aliphatic carbocycles. The Morgan fingerprint density at radius 3 is 2.19 bits per heavy atom. The molecule has 1 unspecified atom stereocenters. The molecule has 1 aliphatic heterocycles. The normalized spacial score (nSPS) is 17.0. The number of hydrogen-bond acceptors (Lipinski definition) is 3. The van der Waals surface area contributed by atoms with Crippen LogP contribution in [-0.2, 0) is 11.3 Å². The van der Waals surface area contributed by atoms with Crippen molar-refractivity contribution >= 4 is 11.5 Å². The maximum absolute atomic E-state index is 12.9. The molecule has 0 radical (unpaired) electrons. The van der Waals surface area contributed by atoms with Crippen LogP contribution in [0.2, 0.25) is 0 Å². The third kappa shape index (κ3) is 2.86. The van der Waals surface area contributed by atoms with Crippen LogP contribution in [0.15, 0.2) is 90.8 Å². The summed E-state index contributed by atoms with van der Waals surface area (Å²) in [5.74, 6) is -0.565. The molecule has 1 N–H and O–H groups in total. The average molecular weight is 342 g/mol. The minimum absolute atomic E-state index is 0.194. The quantitative estimate of drug-likeness (QED) is 0.775. The first-order chi connectivity index (χ1) is 12.8. The number of carbonyl (C=O) groups is 1. The topological polar surface area (TPSA) is 53.4 Å². The van der Waals surface area contributed by atoms with Crippen molar-refractivity contribution in [2.45, 2.75) is 12.6 Å². The molecule has 0 saturated carbocycles. The van der Waals surface area contributed by atoms with E-state index in [-0.39, 0.29) is 17.7 Å². The minimum Gasteiger partial charge on any atom is -0.503 e. The van der Waals surface area contributed by atoms with Crippen LogP contribution in [0.4, 0.5) is 0 Å². The van der Waals surface area contributed by atoms with E-state index >= 15 is 0 Å². The molecule has 2 heterocycles. The van der Waals surface area contributed by atoms with Crippen LogP contribution in [0.5, 0.6) is 0 Å². The van der Waals surface area contributed by atoms with Crippen molar-refractivity contribution in [1.82, 2.24) is 9.88 Å². The van der Waals surface area contributed by atoms with Crippen LogP contribution >= 0.6 is 0 Å². The average Bonchev–Trinajstić information content (AvgIpc) is 2.95. The standard InChI is InChI=1S/C22H18N2O2/c25-21-19(16-9-3-1-4-10-16)20(17-11-5-2-6-12-17)24(22(21)26)15-18-13-7-8-14-23-18/h1-14,20,25H,15H2. The lowest BCUT2D eigenvalue weighted by Gasteiger charge is -2.27. The number of amides is 1. The van der Waals surface area contributed by atoms with Gasteiger partial charge in [0, 0.05) is 11.8 Å². The Labute approximate surface area is 152 Å². The molecule has 2 aromatic carbocycles. The van der Waals surface area contributed by atoms with E-state index in [1.54, 1.807) is 11.1 Å². The Bertz CT molecular complexity index is 938. The molecule has 1 aromatic heterocycles. The maximum Gasteiger partial charge on any atom is 0.290 e. The number of carbonyl (C=O) groups excluding carboxylic acids is 1. The van der Waals surface area contributed by atoms with Crippen molar-refractivity contribution in [1.29, 1.82) is 0 Å². The van der Waals surface area contributed by atoms with Gasteiger partial charge in [0.05, 0.1) is 18.3 Å². The lowest BCUT2D eigenvalue weighted by molar-refractivity contribution is -0.130. The van der Waals surface area contributed by atoms with Gasteiger partial charge in [-0.05, 0) is 23.3 Å². The highest BCUT2D eigenvalue weighted by molar-refractivity contribution is 6.05. The molecule has 128 valence electrons. The Hall–Kier alpha value is -3.40. The van der Waals surface area contributed by atoms with E-state index in [2.05, 4.69) is 4.98 Å². The Balaban J connectivity index is 1.81. The predicted octanol–water partition coefficient (Wildman–Crippen LogP) is 4.13. The predicted molar refractivity (Wildman–Crippen MR) is 100.0 cm³/mol. The number of nitrogens with zero attached hydrogens (tertiary/aromatic N) is 2. The third-order valence-corrected chi connectivity index (χ3v) is 4.56. The molecule has 3 aromatic rings. The lowest BCUT2D eigenvalue weighted by Crippen LogP contribution is -2.30. The fourth-order valence-corrected chi connectivity index (χ4v) is 3.38. The summed E-state index contributed by atoms with van der Waals surface area (Å²) in [6, 6.07) is 24.6. The third-order valence-electron chi connectivity index (χ3n) is 4.56. The molecule has 4 rings (SSSR count). The Morgan fingerprint density at radius 1 is 0.885 bits per heavy atom. The number of hydrogen-bond donors (Lipinski definition) is 1. The highest BCUT2D eigenvalue weighted by Crippen LogP contribution is 2.43. The number of pyridine rings is 1. The van der Waals surface area contributed by atoms with E-state index in [1.807, 2.05) is 78.9 Å². The van der Waals surface area contributed by atoms with Gasteiger partial charge in [-0.2, -0.15) is 0 Å². The van der Waals surface area contributed by atoms with E-state index in [1.165, 1.54) is 0 Å². The zero-order valence-electron chi connectivity index (χ0n) is 14.1. The summed E-state index contributed by atoms with van der Waals surface area (Å²) in [4.78, 5) is 18.9. The monoisotopic (exact) mass is 342 g/mol. The van der Waals surface area contributed by atoms with Gasteiger partial charge in [-0.3, -0.25) is 9.78 Å². The van der Waals surface area contributed by atoms with Gasteiger partial charge in [0.1, 0.15) is 0 Å². The number of aliphatic hydroxyl groups excluding tert-OH is 1. The molecule has 0 bridgehead atoms. The maximum atomic E-state index is 12.9.